The molecule has 0 aromatic carbocycles. The van der Waals surface area contributed by atoms with Crippen molar-refractivity contribution in [2.75, 3.05) is 6.61 Å². The van der Waals surface area contributed by atoms with Gasteiger partial charge in [0.15, 0.2) is 18.3 Å². The minimum absolute atomic E-state index is 0.408. The topological polar surface area (TPSA) is 80.0 Å². The first-order chi connectivity index (χ1) is 12.0. The number of carbonyl (C=O) groups is 2. The fourth-order valence-electron chi connectivity index (χ4n) is 2.87. The van der Waals surface area contributed by atoms with Gasteiger partial charge >= 0.3 is 5.97 Å². The van der Waals surface area contributed by atoms with Crippen LogP contribution in [0.4, 0.5) is 0 Å². The van der Waals surface area contributed by atoms with Crippen LogP contribution >= 0.6 is 22.7 Å². The summed E-state index contributed by atoms with van der Waals surface area (Å²) < 4.78 is 5.15. The largest absolute Gasteiger partial charge is 0.453 e. The molecule has 0 saturated carbocycles. The number of nitrogens with zero attached hydrogens (tertiary/aromatic N) is 2. The van der Waals surface area contributed by atoms with E-state index in [0.717, 1.165) is 25.0 Å². The predicted molar refractivity (Wildman–Crippen MR) is 96.0 cm³/mol. The smallest absolute Gasteiger partial charge is 0.348 e. The molecule has 2 aromatic rings. The summed E-state index contributed by atoms with van der Waals surface area (Å²) in [6.07, 6.45) is 3.11. The lowest BCUT2D eigenvalue weighted by molar-refractivity contribution is -0.122. The van der Waals surface area contributed by atoms with Crippen molar-refractivity contribution in [3.05, 3.63) is 37.5 Å². The highest BCUT2D eigenvalue weighted by molar-refractivity contribution is 7.14. The van der Waals surface area contributed by atoms with Gasteiger partial charge in [0, 0.05) is 16.0 Å². The highest BCUT2D eigenvalue weighted by Crippen LogP contribution is 2.32. The molecule has 0 spiro atoms. The molecule has 2 atom stereocenters. The molecule has 0 N–H and O–H groups in total. The van der Waals surface area contributed by atoms with Gasteiger partial charge in [0.05, 0.1) is 6.07 Å². The van der Waals surface area contributed by atoms with Crippen molar-refractivity contribution in [3.8, 4) is 6.07 Å². The lowest BCUT2D eigenvalue weighted by atomic mass is 9.90. The van der Waals surface area contributed by atoms with E-state index in [2.05, 4.69) is 11.9 Å². The second-order valence-corrected chi connectivity index (χ2v) is 8.37. The fourth-order valence-corrected chi connectivity index (χ4v) is 4.83. The lowest BCUT2D eigenvalue weighted by Gasteiger charge is -2.16. The zero-order chi connectivity index (χ0) is 18.0. The molecular weight excluding hydrogens is 356 g/mol. The van der Waals surface area contributed by atoms with Gasteiger partial charge < -0.3 is 4.74 Å². The molecule has 0 radical (unpaired) electrons. The summed E-state index contributed by atoms with van der Waals surface area (Å²) in [5.74, 6) is -1.29. The average molecular weight is 374 g/mol. The van der Waals surface area contributed by atoms with Crippen molar-refractivity contribution in [1.29, 1.82) is 5.26 Å². The Morgan fingerprint density at radius 2 is 2.32 bits per heavy atom. The van der Waals surface area contributed by atoms with Gasteiger partial charge in [0.1, 0.15) is 9.88 Å². The minimum atomic E-state index is -0.983. The lowest BCUT2D eigenvalue weighted by Crippen LogP contribution is -2.19. The van der Waals surface area contributed by atoms with Crippen LogP contribution < -0.4 is 0 Å². The quantitative estimate of drug-likeness (QED) is 0.746. The molecule has 0 fully saturated rings. The summed E-state index contributed by atoms with van der Waals surface area (Å²) >= 11 is 2.72. The van der Waals surface area contributed by atoms with Crippen molar-refractivity contribution >= 4 is 34.4 Å². The number of ketones is 1. The number of Topliss-reactive ketones (excluding diaryl/α,β-unsaturated/α-hetero) is 1. The molecule has 130 valence electrons. The number of hydrogen-bond donors (Lipinski definition) is 0. The van der Waals surface area contributed by atoms with E-state index in [1.54, 1.807) is 12.3 Å². The van der Waals surface area contributed by atoms with Gasteiger partial charge in [-0.2, -0.15) is 5.26 Å². The molecule has 2 aromatic heterocycles. The van der Waals surface area contributed by atoms with Gasteiger partial charge in [-0.15, -0.1) is 22.7 Å². The number of rotatable bonds is 5. The molecule has 0 saturated heterocycles. The first-order valence-corrected chi connectivity index (χ1v) is 9.80. The third-order valence-corrected chi connectivity index (χ3v) is 6.46. The summed E-state index contributed by atoms with van der Waals surface area (Å²) in [5.41, 5.74) is 1.98. The molecule has 2 heterocycles. The number of esters is 1. The van der Waals surface area contributed by atoms with Gasteiger partial charge in [0.25, 0.3) is 0 Å². The maximum atomic E-state index is 12.2. The number of ether oxygens (including phenoxy) is 1. The Kier molecular flexibility index (Phi) is 5.30. The van der Waals surface area contributed by atoms with E-state index in [0.29, 0.717) is 15.8 Å². The third kappa shape index (κ3) is 3.97. The van der Waals surface area contributed by atoms with E-state index >= 15 is 0 Å². The van der Waals surface area contributed by atoms with Crippen LogP contribution in [0.2, 0.25) is 0 Å². The monoisotopic (exact) mass is 374 g/mol. The molecule has 0 aliphatic heterocycles. The fraction of sp³-hybridized carbons (Fsp3) is 0.444. The Balaban J connectivity index is 1.62. The Morgan fingerprint density at radius 3 is 3.00 bits per heavy atom. The maximum absolute atomic E-state index is 12.2. The Morgan fingerprint density at radius 1 is 1.52 bits per heavy atom. The van der Waals surface area contributed by atoms with E-state index in [4.69, 9.17) is 4.74 Å². The first-order valence-electron chi connectivity index (χ1n) is 8.11. The molecular formula is C18H18N2O3S2. The van der Waals surface area contributed by atoms with Gasteiger partial charge in [-0.25, -0.2) is 9.78 Å². The zero-order valence-corrected chi connectivity index (χ0v) is 15.7. The van der Waals surface area contributed by atoms with Crippen molar-refractivity contribution in [2.24, 2.45) is 5.92 Å². The molecule has 0 amide bonds. The summed E-state index contributed by atoms with van der Waals surface area (Å²) in [6.45, 7) is 3.60. The second kappa shape index (κ2) is 7.46. The van der Waals surface area contributed by atoms with E-state index in [-0.39, 0.29) is 0 Å². The van der Waals surface area contributed by atoms with E-state index in [1.165, 1.54) is 33.1 Å². The summed E-state index contributed by atoms with van der Waals surface area (Å²) in [6, 6.07) is 3.83. The van der Waals surface area contributed by atoms with Crippen LogP contribution in [0.25, 0.3) is 0 Å². The molecule has 1 aliphatic carbocycles. The van der Waals surface area contributed by atoms with Gasteiger partial charge in [-0.3, -0.25) is 4.79 Å². The SMILES string of the molecule is Cc1csc([C@H](C#N)C(=O)COC(=O)c2cc3c(s2)CC[C@H](C)C3)n1. The van der Waals surface area contributed by atoms with E-state index in [1.807, 2.05) is 12.1 Å². The zero-order valence-electron chi connectivity index (χ0n) is 14.1. The maximum Gasteiger partial charge on any atom is 0.348 e. The Bertz CT molecular complexity index is 847. The minimum Gasteiger partial charge on any atom is -0.453 e. The number of thiazole rings is 1. The van der Waals surface area contributed by atoms with Crippen molar-refractivity contribution in [2.45, 2.75) is 39.0 Å². The third-order valence-electron chi connectivity index (χ3n) is 4.21. The number of aromatic nitrogens is 1. The van der Waals surface area contributed by atoms with Crippen molar-refractivity contribution in [3.63, 3.8) is 0 Å². The Labute approximate surface area is 154 Å². The van der Waals surface area contributed by atoms with Crippen LogP contribution in [0, 0.1) is 24.2 Å². The van der Waals surface area contributed by atoms with Crippen LogP contribution in [0.15, 0.2) is 11.4 Å². The number of carbonyl (C=O) groups excluding carboxylic acids is 2. The standard InChI is InChI=1S/C18H18N2O3S2/c1-10-3-4-15-12(5-10)6-16(25-15)18(22)23-8-14(21)13(7-19)17-20-11(2)9-24-17/h6,9-10,13H,3-5,8H2,1-2H3/t10-,13+/m0/s1. The van der Waals surface area contributed by atoms with Crippen LogP contribution in [0.3, 0.4) is 0 Å². The molecule has 7 heteroatoms. The average Bonchev–Trinajstić information content (AvgIpc) is 3.19. The highest BCUT2D eigenvalue weighted by Gasteiger charge is 2.26. The summed E-state index contributed by atoms with van der Waals surface area (Å²) in [5, 5.41) is 11.5. The molecule has 1 aliphatic rings. The van der Waals surface area contributed by atoms with Crippen LogP contribution in [0.1, 0.15) is 50.1 Å². The van der Waals surface area contributed by atoms with E-state index < -0.39 is 24.3 Å². The molecule has 25 heavy (non-hydrogen) atoms. The number of nitriles is 1. The molecule has 0 unspecified atom stereocenters. The van der Waals surface area contributed by atoms with E-state index in [9.17, 15) is 14.9 Å². The van der Waals surface area contributed by atoms with Crippen LogP contribution in [0.5, 0.6) is 0 Å². The van der Waals surface area contributed by atoms with Gasteiger partial charge in [-0.05, 0) is 43.7 Å². The summed E-state index contributed by atoms with van der Waals surface area (Å²) in [4.78, 5) is 30.4. The molecule has 5 nitrogen and oxygen atoms in total. The molecule has 0 bridgehead atoms. The Hall–Kier alpha value is -2.04. The second-order valence-electron chi connectivity index (χ2n) is 6.34. The summed E-state index contributed by atoms with van der Waals surface area (Å²) in [7, 11) is 0. The molecule has 3 rings (SSSR count). The number of hydrogen-bond acceptors (Lipinski definition) is 7. The van der Waals surface area contributed by atoms with Crippen LogP contribution in [-0.4, -0.2) is 23.3 Å². The van der Waals surface area contributed by atoms with Crippen molar-refractivity contribution < 1.29 is 14.3 Å². The van der Waals surface area contributed by atoms with Gasteiger partial charge in [0.2, 0.25) is 0 Å². The van der Waals surface area contributed by atoms with Crippen molar-refractivity contribution in [1.82, 2.24) is 4.98 Å². The predicted octanol–water partition coefficient (Wildman–Crippen LogP) is 3.67. The normalized spacial score (nSPS) is 17.4. The van der Waals surface area contributed by atoms with Gasteiger partial charge in [-0.1, -0.05) is 6.92 Å². The highest BCUT2D eigenvalue weighted by atomic mass is 32.1. The number of fused-ring (bicyclic) bond motifs is 1. The number of thiophene rings is 1. The number of aryl methyl sites for hydroxylation is 2. The first kappa shape index (κ1) is 17.8. The van der Waals surface area contributed by atoms with Crippen LogP contribution in [-0.2, 0) is 22.4 Å².